The molecule has 106 valence electrons. The summed E-state index contributed by atoms with van der Waals surface area (Å²) < 4.78 is 0. The summed E-state index contributed by atoms with van der Waals surface area (Å²) in [6.07, 6.45) is 0.986. The highest BCUT2D eigenvalue weighted by atomic mass is 32.1. The minimum absolute atomic E-state index is 0.195. The lowest BCUT2D eigenvalue weighted by atomic mass is 9.72. The largest absolute Gasteiger partial charge is 0.350 e. The fourth-order valence-electron chi connectivity index (χ4n) is 3.57. The van der Waals surface area contributed by atoms with Gasteiger partial charge in [-0.05, 0) is 31.2 Å². The highest BCUT2D eigenvalue weighted by molar-refractivity contribution is 7.82. The van der Waals surface area contributed by atoms with Gasteiger partial charge in [0.1, 0.15) is 4.99 Å². The van der Waals surface area contributed by atoms with E-state index in [1.54, 1.807) is 0 Å². The van der Waals surface area contributed by atoms with Gasteiger partial charge in [0.2, 0.25) is 0 Å². The molecule has 2 N–H and O–H groups in total. The highest BCUT2D eigenvalue weighted by Gasteiger charge is 2.52. The molecular weight excluding hydrogens is 286 g/mol. The first-order valence-corrected chi connectivity index (χ1v) is 7.75. The van der Waals surface area contributed by atoms with Crippen LogP contribution in [0.3, 0.4) is 0 Å². The monoisotopic (exact) mass is 305 g/mol. The van der Waals surface area contributed by atoms with Crippen LogP contribution >= 0.6 is 24.4 Å². The first-order chi connectivity index (χ1) is 9.54. The number of thiocarbonyl (C=S) groups is 2. The molecule has 20 heavy (non-hydrogen) atoms. The van der Waals surface area contributed by atoms with Crippen LogP contribution < -0.4 is 10.6 Å². The van der Waals surface area contributed by atoms with E-state index in [1.165, 1.54) is 5.56 Å². The molecule has 0 radical (unpaired) electrons. The van der Waals surface area contributed by atoms with Gasteiger partial charge in [0.15, 0.2) is 5.11 Å². The zero-order valence-electron chi connectivity index (χ0n) is 11.7. The van der Waals surface area contributed by atoms with Crippen molar-refractivity contribution in [3.05, 3.63) is 35.9 Å². The van der Waals surface area contributed by atoms with Gasteiger partial charge in [0, 0.05) is 18.5 Å². The Labute approximate surface area is 130 Å². The van der Waals surface area contributed by atoms with Gasteiger partial charge in [-0.2, -0.15) is 0 Å². The normalized spacial score (nSPS) is 34.1. The Morgan fingerprint density at radius 1 is 1.25 bits per heavy atom. The summed E-state index contributed by atoms with van der Waals surface area (Å²) in [5.74, 6) is 0.351. The van der Waals surface area contributed by atoms with E-state index < -0.39 is 0 Å². The zero-order chi connectivity index (χ0) is 14.3. The number of benzene rings is 1. The maximum Gasteiger partial charge on any atom is 0.172 e. The van der Waals surface area contributed by atoms with Gasteiger partial charge in [-0.15, -0.1) is 0 Å². The summed E-state index contributed by atoms with van der Waals surface area (Å²) in [4.78, 5) is 3.26. The van der Waals surface area contributed by atoms with E-state index in [1.807, 2.05) is 0 Å². The number of hydrogen-bond donors (Lipinski definition) is 2. The SMILES string of the molecule is CC1C(c2ccccc2)N(C)CCC12NC(=S)NC2=S. The molecule has 3 unspecified atom stereocenters. The van der Waals surface area contributed by atoms with E-state index in [9.17, 15) is 0 Å². The molecule has 1 aromatic carbocycles. The number of piperidine rings is 1. The van der Waals surface area contributed by atoms with Crippen LogP contribution in [0, 0.1) is 5.92 Å². The molecular formula is C15H19N3S2. The van der Waals surface area contributed by atoms with E-state index in [-0.39, 0.29) is 5.54 Å². The molecule has 0 aliphatic carbocycles. The predicted octanol–water partition coefficient (Wildman–Crippen LogP) is 2.24. The van der Waals surface area contributed by atoms with Gasteiger partial charge >= 0.3 is 0 Å². The topological polar surface area (TPSA) is 27.3 Å². The third-order valence-corrected chi connectivity index (χ3v) is 5.37. The van der Waals surface area contributed by atoms with Crippen LogP contribution in [0.25, 0.3) is 0 Å². The van der Waals surface area contributed by atoms with Gasteiger partial charge < -0.3 is 10.6 Å². The molecule has 2 heterocycles. The molecule has 1 aromatic rings. The van der Waals surface area contributed by atoms with Crippen LogP contribution in [0.1, 0.15) is 24.9 Å². The number of nitrogens with zero attached hydrogens (tertiary/aromatic N) is 1. The quantitative estimate of drug-likeness (QED) is 0.776. The summed E-state index contributed by atoms with van der Waals surface area (Å²) in [6.45, 7) is 3.27. The lowest BCUT2D eigenvalue weighted by Gasteiger charge is -2.48. The van der Waals surface area contributed by atoms with Gasteiger partial charge in [0.05, 0.1) is 5.54 Å². The van der Waals surface area contributed by atoms with Crippen LogP contribution in [-0.4, -0.2) is 34.1 Å². The Kier molecular flexibility index (Phi) is 3.52. The van der Waals surface area contributed by atoms with Crippen molar-refractivity contribution in [1.29, 1.82) is 0 Å². The molecule has 2 fully saturated rings. The van der Waals surface area contributed by atoms with Crippen molar-refractivity contribution in [2.75, 3.05) is 13.6 Å². The maximum absolute atomic E-state index is 5.57. The van der Waals surface area contributed by atoms with Crippen molar-refractivity contribution >= 4 is 34.5 Å². The van der Waals surface area contributed by atoms with E-state index in [0.29, 0.717) is 17.1 Å². The molecule has 2 aliphatic heterocycles. The van der Waals surface area contributed by atoms with Gasteiger partial charge in [-0.3, -0.25) is 4.90 Å². The molecule has 2 aliphatic rings. The Morgan fingerprint density at radius 3 is 2.55 bits per heavy atom. The third kappa shape index (κ3) is 2.05. The standard InChI is InChI=1S/C15H19N3S2/c1-10-12(11-6-4-3-5-7-11)18(2)9-8-15(10)13(19)16-14(20)17-15/h3-7,10,12H,8-9H2,1-2H3,(H2,16,17,19,20). The number of rotatable bonds is 1. The lowest BCUT2D eigenvalue weighted by Crippen LogP contribution is -2.60. The van der Waals surface area contributed by atoms with Crippen molar-refractivity contribution in [2.24, 2.45) is 5.92 Å². The van der Waals surface area contributed by atoms with Crippen molar-refractivity contribution in [3.8, 4) is 0 Å². The second-order valence-electron chi connectivity index (χ2n) is 5.75. The van der Waals surface area contributed by atoms with E-state index in [2.05, 4.69) is 59.8 Å². The summed E-state index contributed by atoms with van der Waals surface area (Å²) in [7, 11) is 2.19. The van der Waals surface area contributed by atoms with Gasteiger partial charge in [0.25, 0.3) is 0 Å². The zero-order valence-corrected chi connectivity index (χ0v) is 13.4. The maximum atomic E-state index is 5.57. The van der Waals surface area contributed by atoms with Crippen LogP contribution in [0.2, 0.25) is 0 Å². The van der Waals surface area contributed by atoms with Gasteiger partial charge in [-0.25, -0.2) is 0 Å². The second kappa shape index (κ2) is 5.06. The first-order valence-electron chi connectivity index (χ1n) is 6.93. The van der Waals surface area contributed by atoms with Crippen LogP contribution in [0.5, 0.6) is 0 Å². The van der Waals surface area contributed by atoms with Crippen molar-refractivity contribution in [3.63, 3.8) is 0 Å². The Balaban J connectivity index is 1.99. The summed E-state index contributed by atoms with van der Waals surface area (Å²) >= 11 is 10.8. The summed E-state index contributed by atoms with van der Waals surface area (Å²) in [5.41, 5.74) is 1.14. The molecule has 3 nitrogen and oxygen atoms in total. The second-order valence-corrected chi connectivity index (χ2v) is 6.57. The van der Waals surface area contributed by atoms with Gasteiger partial charge in [-0.1, -0.05) is 49.5 Å². The van der Waals surface area contributed by atoms with Crippen LogP contribution in [-0.2, 0) is 0 Å². The molecule has 5 heteroatoms. The number of hydrogen-bond acceptors (Lipinski definition) is 3. The van der Waals surface area contributed by atoms with E-state index in [4.69, 9.17) is 24.4 Å². The molecule has 1 spiro atoms. The molecule has 0 amide bonds. The molecule has 3 rings (SSSR count). The fourth-order valence-corrected chi connectivity index (χ4v) is 4.36. The predicted molar refractivity (Wildman–Crippen MR) is 89.8 cm³/mol. The number of likely N-dealkylation sites (tertiary alicyclic amines) is 1. The molecule has 2 saturated heterocycles. The van der Waals surface area contributed by atoms with Crippen molar-refractivity contribution in [1.82, 2.24) is 15.5 Å². The number of nitrogens with one attached hydrogen (secondary N) is 2. The lowest BCUT2D eigenvalue weighted by molar-refractivity contribution is 0.0838. The van der Waals surface area contributed by atoms with Crippen molar-refractivity contribution in [2.45, 2.75) is 24.9 Å². The molecule has 3 atom stereocenters. The minimum atomic E-state index is -0.195. The first kappa shape index (κ1) is 13.9. The summed E-state index contributed by atoms with van der Waals surface area (Å²) in [6, 6.07) is 11.0. The van der Waals surface area contributed by atoms with E-state index >= 15 is 0 Å². The van der Waals surface area contributed by atoms with Crippen LogP contribution in [0.15, 0.2) is 30.3 Å². The Bertz CT molecular complexity index is 545. The summed E-state index contributed by atoms with van der Waals surface area (Å²) in [5, 5.41) is 7.23. The van der Waals surface area contributed by atoms with Crippen LogP contribution in [0.4, 0.5) is 0 Å². The van der Waals surface area contributed by atoms with E-state index in [0.717, 1.165) is 18.0 Å². The Hall–Kier alpha value is -1.04. The van der Waals surface area contributed by atoms with Crippen molar-refractivity contribution < 1.29 is 0 Å². The smallest absolute Gasteiger partial charge is 0.172 e. The molecule has 0 saturated carbocycles. The fraction of sp³-hybridized carbons (Fsp3) is 0.467. The average Bonchev–Trinajstić information content (AvgIpc) is 2.72. The third-order valence-electron chi connectivity index (χ3n) is 4.69. The highest BCUT2D eigenvalue weighted by Crippen LogP contribution is 2.42. The average molecular weight is 305 g/mol. The molecule has 0 bridgehead atoms. The Morgan fingerprint density at radius 2 is 1.95 bits per heavy atom. The minimum Gasteiger partial charge on any atom is -0.350 e. The molecule has 0 aromatic heterocycles.